The van der Waals surface area contributed by atoms with Crippen molar-refractivity contribution in [1.29, 1.82) is 0 Å². The largest absolute Gasteiger partial charge is 0.488 e. The predicted molar refractivity (Wildman–Crippen MR) is 141 cm³/mol. The van der Waals surface area contributed by atoms with Gasteiger partial charge in [0, 0.05) is 40.7 Å². The Morgan fingerprint density at radius 3 is 2.43 bits per heavy atom. The molecule has 0 aliphatic rings. The third-order valence-corrected chi connectivity index (χ3v) is 6.48. The average molecular weight is 527 g/mol. The van der Waals surface area contributed by atoms with Crippen LogP contribution in [0.25, 0.3) is 20.5 Å². The van der Waals surface area contributed by atoms with Crippen LogP contribution >= 0.6 is 11.3 Å². The summed E-state index contributed by atoms with van der Waals surface area (Å²) in [6, 6.07) is 15.1. The van der Waals surface area contributed by atoms with Gasteiger partial charge in [-0.3, -0.25) is 9.59 Å². The fourth-order valence-corrected chi connectivity index (χ4v) is 4.51. The number of thiophene rings is 1. The van der Waals surface area contributed by atoms with Gasteiger partial charge in [-0.15, -0.1) is 11.3 Å². The molecular weight excluding hydrogens is 496 g/mol. The van der Waals surface area contributed by atoms with Gasteiger partial charge in [-0.2, -0.15) is 0 Å². The fourth-order valence-electron chi connectivity index (χ4n) is 3.36. The van der Waals surface area contributed by atoms with E-state index in [0.29, 0.717) is 75.5 Å². The zero-order chi connectivity index (χ0) is 26.3. The Labute approximate surface area is 219 Å². The second-order valence-electron chi connectivity index (χ2n) is 7.92. The van der Waals surface area contributed by atoms with E-state index in [2.05, 4.69) is 10.0 Å². The minimum Gasteiger partial charge on any atom is -0.488 e. The lowest BCUT2D eigenvalue weighted by Crippen LogP contribution is -2.29. The summed E-state index contributed by atoms with van der Waals surface area (Å²) in [5, 5.41) is 4.12. The molecular formula is C26H30N4O6S. The second kappa shape index (κ2) is 15.6. The lowest BCUT2D eigenvalue weighted by atomic mass is 10.1. The molecule has 0 atom stereocenters. The molecule has 0 spiro atoms. The number of benzene rings is 2. The number of azide groups is 1. The number of amides is 1. The minimum atomic E-state index is -0.148. The van der Waals surface area contributed by atoms with E-state index in [-0.39, 0.29) is 5.91 Å². The number of ether oxygens (including phenoxy) is 4. The van der Waals surface area contributed by atoms with Crippen LogP contribution in [0.1, 0.15) is 25.6 Å². The van der Waals surface area contributed by atoms with Crippen molar-refractivity contribution in [3.8, 4) is 5.75 Å². The zero-order valence-electron chi connectivity index (χ0n) is 20.7. The standard InChI is InChI=1S/C26H30N4O6S/c1-30(10-12-34-14-16-35-15-13-33-11-9-28-29-27)26(32)24-17-22-23(8-7-21(18-31)25(22)37-24)36-19-20-5-3-2-4-6-20/h2-8,17-18H,9-16,19H2,1H3. The molecule has 11 heteroatoms. The van der Waals surface area contributed by atoms with Gasteiger partial charge in [-0.05, 0) is 29.3 Å². The number of likely N-dealkylation sites (N-methyl/N-ethyl adjacent to an activating group) is 1. The SMILES string of the molecule is CN(CCOCCOCCOCCN=[N+]=[N-])C(=O)c1cc2c(OCc3ccccc3)ccc(C=O)c2s1. The van der Waals surface area contributed by atoms with Gasteiger partial charge in [0.2, 0.25) is 0 Å². The Hall–Kier alpha value is -3.47. The summed E-state index contributed by atoms with van der Waals surface area (Å²) in [5.74, 6) is 0.483. The first kappa shape index (κ1) is 28.1. The van der Waals surface area contributed by atoms with Crippen LogP contribution in [0.2, 0.25) is 0 Å². The fraction of sp³-hybridized carbons (Fsp3) is 0.385. The van der Waals surface area contributed by atoms with E-state index in [0.717, 1.165) is 21.9 Å². The molecule has 1 heterocycles. The van der Waals surface area contributed by atoms with Crippen LogP contribution in [-0.4, -0.2) is 76.9 Å². The van der Waals surface area contributed by atoms with Crippen molar-refractivity contribution in [3.63, 3.8) is 0 Å². The van der Waals surface area contributed by atoms with Crippen molar-refractivity contribution in [3.05, 3.63) is 75.0 Å². The van der Waals surface area contributed by atoms with Gasteiger partial charge < -0.3 is 23.8 Å². The molecule has 0 bridgehead atoms. The van der Waals surface area contributed by atoms with Crippen LogP contribution in [-0.2, 0) is 20.8 Å². The molecule has 0 unspecified atom stereocenters. The molecule has 0 N–H and O–H groups in total. The number of rotatable bonds is 17. The number of nitrogens with zero attached hydrogens (tertiary/aromatic N) is 4. The Morgan fingerprint density at radius 1 is 1.03 bits per heavy atom. The van der Waals surface area contributed by atoms with Gasteiger partial charge in [0.05, 0.1) is 44.5 Å². The van der Waals surface area contributed by atoms with Crippen LogP contribution in [0.5, 0.6) is 5.75 Å². The predicted octanol–water partition coefficient (Wildman–Crippen LogP) is 4.72. The summed E-state index contributed by atoms with van der Waals surface area (Å²) in [7, 11) is 1.72. The first-order valence-electron chi connectivity index (χ1n) is 11.8. The first-order valence-corrected chi connectivity index (χ1v) is 12.6. The number of carbonyl (C=O) groups excluding carboxylic acids is 2. The summed E-state index contributed by atoms with van der Waals surface area (Å²) in [6.07, 6.45) is 0.795. The number of carbonyl (C=O) groups is 2. The van der Waals surface area contributed by atoms with Crippen molar-refractivity contribution >= 4 is 33.6 Å². The van der Waals surface area contributed by atoms with E-state index in [9.17, 15) is 9.59 Å². The Kier molecular flexibility index (Phi) is 11.9. The smallest absolute Gasteiger partial charge is 0.263 e. The van der Waals surface area contributed by atoms with Gasteiger partial charge >= 0.3 is 0 Å². The van der Waals surface area contributed by atoms with Crippen LogP contribution < -0.4 is 4.74 Å². The molecule has 0 aliphatic heterocycles. The molecule has 2 aromatic carbocycles. The molecule has 0 saturated heterocycles. The highest BCUT2D eigenvalue weighted by Crippen LogP contribution is 2.36. The Balaban J connectivity index is 1.45. The molecule has 0 saturated carbocycles. The zero-order valence-corrected chi connectivity index (χ0v) is 21.5. The second-order valence-corrected chi connectivity index (χ2v) is 8.97. The first-order chi connectivity index (χ1) is 18.1. The molecule has 1 aromatic heterocycles. The number of fused-ring (bicyclic) bond motifs is 1. The van der Waals surface area contributed by atoms with Gasteiger partial charge in [0.1, 0.15) is 12.4 Å². The van der Waals surface area contributed by atoms with E-state index in [1.807, 2.05) is 30.3 Å². The van der Waals surface area contributed by atoms with Crippen LogP contribution in [0.4, 0.5) is 0 Å². The highest BCUT2D eigenvalue weighted by molar-refractivity contribution is 7.21. The highest BCUT2D eigenvalue weighted by atomic mass is 32.1. The van der Waals surface area contributed by atoms with Gasteiger partial charge in [-0.25, -0.2) is 0 Å². The number of aldehydes is 1. The Morgan fingerprint density at radius 2 is 1.73 bits per heavy atom. The Bertz CT molecular complexity index is 1200. The molecule has 196 valence electrons. The molecule has 0 aliphatic carbocycles. The van der Waals surface area contributed by atoms with E-state index in [1.165, 1.54) is 11.3 Å². The third kappa shape index (κ3) is 8.85. The molecule has 3 rings (SSSR count). The maximum Gasteiger partial charge on any atom is 0.263 e. The molecule has 1 amide bonds. The topological polar surface area (TPSA) is 123 Å². The number of hydrogen-bond donors (Lipinski definition) is 0. The molecule has 3 aromatic rings. The average Bonchev–Trinajstić information content (AvgIpc) is 3.38. The van der Waals surface area contributed by atoms with Crippen molar-refractivity contribution in [2.24, 2.45) is 5.11 Å². The van der Waals surface area contributed by atoms with Crippen molar-refractivity contribution in [2.45, 2.75) is 6.61 Å². The summed E-state index contributed by atoms with van der Waals surface area (Å²) in [4.78, 5) is 29.4. The lowest BCUT2D eigenvalue weighted by Gasteiger charge is -2.16. The van der Waals surface area contributed by atoms with Crippen LogP contribution in [0, 0.1) is 0 Å². The van der Waals surface area contributed by atoms with Crippen LogP contribution in [0.15, 0.2) is 53.6 Å². The monoisotopic (exact) mass is 526 g/mol. The van der Waals surface area contributed by atoms with E-state index in [4.69, 9.17) is 24.5 Å². The maximum atomic E-state index is 13.0. The van der Waals surface area contributed by atoms with E-state index >= 15 is 0 Å². The summed E-state index contributed by atoms with van der Waals surface area (Å²) < 4.78 is 23.0. The van der Waals surface area contributed by atoms with E-state index in [1.54, 1.807) is 30.1 Å². The summed E-state index contributed by atoms with van der Waals surface area (Å²) >= 11 is 1.28. The van der Waals surface area contributed by atoms with Crippen molar-refractivity contribution in [2.75, 3.05) is 59.8 Å². The number of hydrogen-bond acceptors (Lipinski definition) is 8. The normalized spacial score (nSPS) is 10.7. The lowest BCUT2D eigenvalue weighted by molar-refractivity contribution is 0.0129. The summed E-state index contributed by atoms with van der Waals surface area (Å²) in [6.45, 7) is 3.47. The summed E-state index contributed by atoms with van der Waals surface area (Å²) in [5.41, 5.74) is 9.73. The molecule has 0 fully saturated rings. The molecule has 10 nitrogen and oxygen atoms in total. The maximum absolute atomic E-state index is 13.0. The van der Waals surface area contributed by atoms with E-state index < -0.39 is 0 Å². The highest BCUT2D eigenvalue weighted by Gasteiger charge is 2.18. The minimum absolute atomic E-state index is 0.148. The van der Waals surface area contributed by atoms with Crippen molar-refractivity contribution in [1.82, 2.24) is 4.90 Å². The van der Waals surface area contributed by atoms with Crippen molar-refractivity contribution < 1.29 is 28.5 Å². The third-order valence-electron chi connectivity index (χ3n) is 5.31. The van der Waals surface area contributed by atoms with Crippen LogP contribution in [0.3, 0.4) is 0 Å². The van der Waals surface area contributed by atoms with Gasteiger partial charge in [-0.1, -0.05) is 35.4 Å². The quantitative estimate of drug-likeness (QED) is 0.0824. The molecule has 0 radical (unpaired) electrons. The molecule has 37 heavy (non-hydrogen) atoms. The van der Waals surface area contributed by atoms with Gasteiger partial charge in [0.15, 0.2) is 6.29 Å². The van der Waals surface area contributed by atoms with Gasteiger partial charge in [0.25, 0.3) is 5.91 Å².